The monoisotopic (exact) mass is 250 g/mol. The van der Waals surface area contributed by atoms with Gasteiger partial charge >= 0.3 is 5.97 Å². The van der Waals surface area contributed by atoms with Crippen LogP contribution in [-0.2, 0) is 10.3 Å². The highest BCUT2D eigenvalue weighted by atomic mass is 17.1. The lowest BCUT2D eigenvalue weighted by Gasteiger charge is -2.33. The van der Waals surface area contributed by atoms with Crippen molar-refractivity contribution in [3.8, 4) is 0 Å². The number of hydrogen-bond donors (Lipinski definition) is 1. The van der Waals surface area contributed by atoms with Gasteiger partial charge in [-0.15, -0.1) is 0 Å². The summed E-state index contributed by atoms with van der Waals surface area (Å²) in [6.45, 7) is 11.0. The number of carbonyl (C=O) groups excluding carboxylic acids is 1. The smallest absolute Gasteiger partial charge is 0.296 e. The minimum absolute atomic E-state index is 0.0416. The molecule has 1 aromatic rings. The minimum Gasteiger partial charge on any atom is -0.296 e. The summed E-state index contributed by atoms with van der Waals surface area (Å²) in [4.78, 5) is 14.8. The van der Waals surface area contributed by atoms with Crippen LogP contribution in [0.5, 0.6) is 0 Å². The van der Waals surface area contributed by atoms with Gasteiger partial charge in [0.2, 0.25) is 0 Å². The average Bonchev–Trinajstić information content (AvgIpc) is 2.25. The first-order chi connectivity index (χ1) is 8.15. The maximum absolute atomic E-state index is 11.1. The molecule has 100 valence electrons. The number of rotatable bonds is 3. The molecule has 1 N–H and O–H groups in total. The zero-order valence-electron chi connectivity index (χ0n) is 11.8. The molecule has 1 rings (SSSR count). The first-order valence-corrected chi connectivity index (χ1v) is 6.12. The molecule has 0 saturated carbocycles. The molecule has 0 aliphatic heterocycles. The largest absolute Gasteiger partial charge is 0.372 e. The van der Waals surface area contributed by atoms with Gasteiger partial charge in [-0.1, -0.05) is 46.8 Å². The fourth-order valence-electron chi connectivity index (χ4n) is 2.54. The molecule has 3 heteroatoms. The van der Waals surface area contributed by atoms with Crippen molar-refractivity contribution in [1.29, 1.82) is 0 Å². The van der Waals surface area contributed by atoms with E-state index in [0.29, 0.717) is 5.56 Å². The Morgan fingerprint density at radius 3 is 2.00 bits per heavy atom. The van der Waals surface area contributed by atoms with Gasteiger partial charge in [0.05, 0.1) is 5.56 Å². The van der Waals surface area contributed by atoms with E-state index in [1.54, 1.807) is 12.1 Å². The first kappa shape index (κ1) is 14.7. The van der Waals surface area contributed by atoms with Crippen molar-refractivity contribution >= 4 is 5.97 Å². The Morgan fingerprint density at radius 2 is 1.61 bits per heavy atom. The molecule has 18 heavy (non-hydrogen) atoms. The van der Waals surface area contributed by atoms with Crippen LogP contribution in [0, 0.1) is 5.41 Å². The molecular formula is C15H22O3. The Labute approximate surface area is 109 Å². The third-order valence-electron chi connectivity index (χ3n) is 2.96. The molecular weight excluding hydrogens is 228 g/mol. The predicted octanol–water partition coefficient (Wildman–Crippen LogP) is 4.03. The van der Waals surface area contributed by atoms with Crippen LogP contribution in [0.4, 0.5) is 0 Å². The predicted molar refractivity (Wildman–Crippen MR) is 71.6 cm³/mol. The van der Waals surface area contributed by atoms with Crippen LogP contribution < -0.4 is 0 Å². The highest BCUT2D eigenvalue weighted by molar-refractivity contribution is 5.88. The van der Waals surface area contributed by atoms with Crippen molar-refractivity contribution in [3.05, 3.63) is 35.4 Å². The van der Waals surface area contributed by atoms with E-state index in [1.807, 2.05) is 12.1 Å². The topological polar surface area (TPSA) is 46.5 Å². The van der Waals surface area contributed by atoms with Crippen molar-refractivity contribution in [1.82, 2.24) is 0 Å². The minimum atomic E-state index is -0.727. The first-order valence-electron chi connectivity index (χ1n) is 6.12. The van der Waals surface area contributed by atoms with Crippen LogP contribution >= 0.6 is 0 Å². The summed E-state index contributed by atoms with van der Waals surface area (Å²) in [6, 6.07) is 7.19. The molecule has 0 fully saturated rings. The van der Waals surface area contributed by atoms with Crippen LogP contribution in [0.15, 0.2) is 24.3 Å². The Morgan fingerprint density at radius 1 is 1.11 bits per heavy atom. The van der Waals surface area contributed by atoms with Crippen LogP contribution in [0.3, 0.4) is 0 Å². The van der Waals surface area contributed by atoms with Gasteiger partial charge in [-0.3, -0.25) is 4.89 Å². The van der Waals surface area contributed by atoms with Crippen LogP contribution in [0.25, 0.3) is 0 Å². The third-order valence-corrected chi connectivity index (χ3v) is 2.96. The molecule has 0 heterocycles. The Kier molecular flexibility index (Phi) is 4.17. The Balaban J connectivity index is 2.94. The van der Waals surface area contributed by atoms with Gasteiger partial charge in [0.1, 0.15) is 0 Å². The van der Waals surface area contributed by atoms with Gasteiger partial charge in [-0.05, 0) is 34.9 Å². The van der Waals surface area contributed by atoms with Gasteiger partial charge in [-0.2, -0.15) is 5.26 Å². The summed E-state index contributed by atoms with van der Waals surface area (Å²) in [7, 11) is 0. The molecule has 3 nitrogen and oxygen atoms in total. The lowest BCUT2D eigenvalue weighted by molar-refractivity contribution is -0.182. The molecule has 1 aromatic carbocycles. The molecule has 0 spiro atoms. The maximum atomic E-state index is 11.1. The number of carbonyl (C=O) groups is 1. The fourth-order valence-corrected chi connectivity index (χ4v) is 2.54. The second kappa shape index (κ2) is 5.11. The summed E-state index contributed by atoms with van der Waals surface area (Å²) in [6.07, 6.45) is 1.05. The highest BCUT2D eigenvalue weighted by Crippen LogP contribution is 2.36. The fraction of sp³-hybridized carbons (Fsp3) is 0.533. The van der Waals surface area contributed by atoms with Gasteiger partial charge in [0.15, 0.2) is 0 Å². The molecule has 0 saturated heterocycles. The zero-order chi connectivity index (χ0) is 14.0. The van der Waals surface area contributed by atoms with Gasteiger partial charge < -0.3 is 0 Å². The summed E-state index contributed by atoms with van der Waals surface area (Å²) in [5.74, 6) is -0.727. The van der Waals surface area contributed by atoms with Gasteiger partial charge in [0.25, 0.3) is 0 Å². The lowest BCUT2D eigenvalue weighted by atomic mass is 9.72. The molecule has 0 unspecified atom stereocenters. The van der Waals surface area contributed by atoms with E-state index in [4.69, 9.17) is 5.26 Å². The number of benzene rings is 1. The molecule has 0 aromatic heterocycles. The molecule has 0 aliphatic rings. The van der Waals surface area contributed by atoms with Crippen LogP contribution in [-0.4, -0.2) is 11.2 Å². The maximum Gasteiger partial charge on any atom is 0.372 e. The van der Waals surface area contributed by atoms with Crippen molar-refractivity contribution in [2.75, 3.05) is 0 Å². The molecule has 0 amide bonds. The average molecular weight is 250 g/mol. The van der Waals surface area contributed by atoms with E-state index in [2.05, 4.69) is 39.5 Å². The van der Waals surface area contributed by atoms with E-state index in [0.717, 1.165) is 6.42 Å². The van der Waals surface area contributed by atoms with Crippen molar-refractivity contribution in [2.24, 2.45) is 5.41 Å². The second-order valence-corrected chi connectivity index (χ2v) is 6.58. The quantitative estimate of drug-likeness (QED) is 0.650. The standard InChI is InChI=1S/C15H22O3/c1-14(2,3)10-15(4,5)12-8-6-11(7-9-12)13(16)18-17/h6-9,17H,10H2,1-5H3. The van der Waals surface area contributed by atoms with E-state index < -0.39 is 5.97 Å². The van der Waals surface area contributed by atoms with Crippen LogP contribution in [0.1, 0.15) is 57.0 Å². The summed E-state index contributed by atoms with van der Waals surface area (Å²) in [5, 5.41) is 8.32. The van der Waals surface area contributed by atoms with E-state index >= 15 is 0 Å². The van der Waals surface area contributed by atoms with E-state index in [-0.39, 0.29) is 10.8 Å². The Hall–Kier alpha value is -1.35. The van der Waals surface area contributed by atoms with Crippen molar-refractivity contribution < 1.29 is 14.9 Å². The second-order valence-electron chi connectivity index (χ2n) is 6.58. The molecule has 0 aliphatic carbocycles. The SMILES string of the molecule is CC(C)(C)CC(C)(C)c1ccc(C(=O)OO)cc1. The lowest BCUT2D eigenvalue weighted by Crippen LogP contribution is -2.24. The third kappa shape index (κ3) is 3.84. The molecule has 0 bridgehead atoms. The summed E-state index contributed by atoms with van der Waals surface area (Å²) in [5.41, 5.74) is 1.81. The Bertz CT molecular complexity index is 410. The summed E-state index contributed by atoms with van der Waals surface area (Å²) < 4.78 is 0. The molecule has 0 atom stereocenters. The molecule has 0 radical (unpaired) electrons. The normalized spacial score (nSPS) is 12.3. The van der Waals surface area contributed by atoms with E-state index in [1.165, 1.54) is 5.56 Å². The van der Waals surface area contributed by atoms with E-state index in [9.17, 15) is 4.79 Å². The number of hydrogen-bond acceptors (Lipinski definition) is 3. The van der Waals surface area contributed by atoms with Crippen LogP contribution in [0.2, 0.25) is 0 Å². The van der Waals surface area contributed by atoms with Crippen molar-refractivity contribution in [3.63, 3.8) is 0 Å². The van der Waals surface area contributed by atoms with Crippen molar-refractivity contribution in [2.45, 2.75) is 46.5 Å². The summed E-state index contributed by atoms with van der Waals surface area (Å²) >= 11 is 0. The van der Waals surface area contributed by atoms with Gasteiger partial charge in [-0.25, -0.2) is 4.79 Å². The van der Waals surface area contributed by atoms with Gasteiger partial charge in [0, 0.05) is 0 Å². The highest BCUT2D eigenvalue weighted by Gasteiger charge is 2.27. The zero-order valence-corrected chi connectivity index (χ0v) is 11.8.